The molecule has 1 aliphatic rings. The average molecular weight is 298 g/mol. The minimum Gasteiger partial charge on any atom is -0.325 e. The molecule has 1 aliphatic heterocycles. The molecule has 1 saturated heterocycles. The zero-order valence-corrected chi connectivity index (χ0v) is 13.0. The zero-order valence-electron chi connectivity index (χ0n) is 12.2. The summed E-state index contributed by atoms with van der Waals surface area (Å²) in [6, 6.07) is 8.48. The lowest BCUT2D eigenvalue weighted by Gasteiger charge is -2.33. The van der Waals surface area contributed by atoms with Gasteiger partial charge in [-0.15, -0.1) is 12.4 Å². The van der Waals surface area contributed by atoms with Crippen LogP contribution in [0, 0.1) is 0 Å². The molecule has 1 aromatic rings. The van der Waals surface area contributed by atoms with Crippen LogP contribution in [0.5, 0.6) is 0 Å². The molecule has 0 aromatic heterocycles. The number of anilines is 1. The van der Waals surface area contributed by atoms with E-state index in [0.29, 0.717) is 12.6 Å². The van der Waals surface area contributed by atoms with E-state index in [0.717, 1.165) is 31.7 Å². The Balaban J connectivity index is 0.00000200. The van der Waals surface area contributed by atoms with Gasteiger partial charge in [0.25, 0.3) is 0 Å². The molecule has 1 aromatic carbocycles. The number of carbonyl (C=O) groups excluding carboxylic acids is 1. The van der Waals surface area contributed by atoms with Crippen LogP contribution in [0.15, 0.2) is 24.3 Å². The molecule has 0 aliphatic carbocycles. The summed E-state index contributed by atoms with van der Waals surface area (Å²) in [5.74, 6) is 0.0676. The van der Waals surface area contributed by atoms with Gasteiger partial charge in [0.05, 0.1) is 6.54 Å². The second-order valence-electron chi connectivity index (χ2n) is 5.12. The maximum atomic E-state index is 12.0. The van der Waals surface area contributed by atoms with E-state index in [-0.39, 0.29) is 18.3 Å². The Morgan fingerprint density at radius 1 is 1.40 bits per heavy atom. The second-order valence-corrected chi connectivity index (χ2v) is 5.12. The molecule has 1 fully saturated rings. The van der Waals surface area contributed by atoms with Crippen LogP contribution in [0.25, 0.3) is 0 Å². The highest BCUT2D eigenvalue weighted by molar-refractivity contribution is 5.92. The fourth-order valence-corrected chi connectivity index (χ4v) is 2.33. The number of carbonyl (C=O) groups is 1. The third-order valence-electron chi connectivity index (χ3n) is 3.63. The van der Waals surface area contributed by atoms with E-state index in [1.807, 2.05) is 12.1 Å². The zero-order chi connectivity index (χ0) is 13.7. The molecule has 4 nitrogen and oxygen atoms in total. The average Bonchev–Trinajstić information content (AvgIpc) is 2.42. The van der Waals surface area contributed by atoms with Crippen LogP contribution < -0.4 is 10.6 Å². The van der Waals surface area contributed by atoms with Crippen molar-refractivity contribution in [2.75, 3.05) is 31.5 Å². The summed E-state index contributed by atoms with van der Waals surface area (Å²) in [5.41, 5.74) is 2.17. The fourth-order valence-electron chi connectivity index (χ4n) is 2.33. The monoisotopic (exact) mass is 297 g/mol. The first kappa shape index (κ1) is 17.0. The molecular weight excluding hydrogens is 274 g/mol. The van der Waals surface area contributed by atoms with Gasteiger partial charge >= 0.3 is 0 Å². The summed E-state index contributed by atoms with van der Waals surface area (Å²) < 4.78 is 0. The van der Waals surface area contributed by atoms with Crippen LogP contribution in [-0.2, 0) is 11.2 Å². The molecular formula is C15H24ClN3O. The maximum Gasteiger partial charge on any atom is 0.238 e. The predicted octanol–water partition coefficient (Wildman–Crippen LogP) is 1.90. The molecule has 20 heavy (non-hydrogen) atoms. The number of rotatable bonds is 4. The quantitative estimate of drug-likeness (QED) is 0.892. The molecule has 0 bridgehead atoms. The summed E-state index contributed by atoms with van der Waals surface area (Å²) in [5, 5.41) is 6.29. The fraction of sp³-hybridized carbons (Fsp3) is 0.533. The molecule has 1 heterocycles. The molecule has 2 rings (SSSR count). The molecule has 0 spiro atoms. The number of nitrogens with zero attached hydrogens (tertiary/aromatic N) is 1. The Bertz CT molecular complexity index is 422. The van der Waals surface area contributed by atoms with Crippen molar-refractivity contribution in [3.8, 4) is 0 Å². The number of nitrogens with one attached hydrogen (secondary N) is 2. The normalized spacial score (nSPS) is 19.2. The van der Waals surface area contributed by atoms with Gasteiger partial charge in [0.2, 0.25) is 5.91 Å². The van der Waals surface area contributed by atoms with Crippen molar-refractivity contribution in [1.82, 2.24) is 10.2 Å². The largest absolute Gasteiger partial charge is 0.325 e. The molecule has 2 N–H and O–H groups in total. The SMILES string of the molecule is CCc1ccc(NC(=O)CN2CCNCC2C)cc1.Cl. The highest BCUT2D eigenvalue weighted by Crippen LogP contribution is 2.10. The van der Waals surface area contributed by atoms with Crippen molar-refractivity contribution in [2.45, 2.75) is 26.3 Å². The van der Waals surface area contributed by atoms with Gasteiger partial charge in [-0.3, -0.25) is 9.69 Å². The van der Waals surface area contributed by atoms with Crippen LogP contribution in [0.4, 0.5) is 5.69 Å². The molecule has 0 radical (unpaired) electrons. The number of hydrogen-bond donors (Lipinski definition) is 2. The maximum absolute atomic E-state index is 12.0. The summed E-state index contributed by atoms with van der Waals surface area (Å²) in [6.07, 6.45) is 1.02. The second kappa shape index (κ2) is 8.25. The van der Waals surface area contributed by atoms with E-state index in [9.17, 15) is 4.79 Å². The third kappa shape index (κ3) is 4.78. The van der Waals surface area contributed by atoms with Crippen molar-refractivity contribution < 1.29 is 4.79 Å². The summed E-state index contributed by atoms with van der Waals surface area (Å²) >= 11 is 0. The topological polar surface area (TPSA) is 44.4 Å². The summed E-state index contributed by atoms with van der Waals surface area (Å²) in [4.78, 5) is 14.2. The van der Waals surface area contributed by atoms with E-state index in [4.69, 9.17) is 0 Å². The van der Waals surface area contributed by atoms with Gasteiger partial charge < -0.3 is 10.6 Å². The van der Waals surface area contributed by atoms with Crippen LogP contribution in [0.3, 0.4) is 0 Å². The van der Waals surface area contributed by atoms with Crippen molar-refractivity contribution in [1.29, 1.82) is 0 Å². The number of hydrogen-bond acceptors (Lipinski definition) is 3. The lowest BCUT2D eigenvalue weighted by Crippen LogP contribution is -2.51. The van der Waals surface area contributed by atoms with Crippen LogP contribution >= 0.6 is 12.4 Å². The van der Waals surface area contributed by atoms with Crippen LogP contribution in [0.1, 0.15) is 19.4 Å². The number of benzene rings is 1. The summed E-state index contributed by atoms with van der Waals surface area (Å²) in [7, 11) is 0. The first-order valence-corrected chi connectivity index (χ1v) is 7.02. The number of piperazine rings is 1. The van der Waals surface area contributed by atoms with E-state index in [1.165, 1.54) is 5.56 Å². The van der Waals surface area contributed by atoms with E-state index >= 15 is 0 Å². The number of aryl methyl sites for hydroxylation is 1. The highest BCUT2D eigenvalue weighted by Gasteiger charge is 2.20. The Morgan fingerprint density at radius 3 is 2.70 bits per heavy atom. The van der Waals surface area contributed by atoms with Crippen molar-refractivity contribution >= 4 is 24.0 Å². The van der Waals surface area contributed by atoms with Crippen LogP contribution in [-0.4, -0.2) is 43.0 Å². The molecule has 1 amide bonds. The standard InChI is InChI=1S/C15H23N3O.ClH/c1-3-13-4-6-14(7-5-13)17-15(19)11-18-9-8-16-10-12(18)2;/h4-7,12,16H,3,8-11H2,1-2H3,(H,17,19);1H. The van der Waals surface area contributed by atoms with Gasteiger partial charge in [-0.1, -0.05) is 19.1 Å². The minimum absolute atomic E-state index is 0. The first-order valence-electron chi connectivity index (χ1n) is 7.02. The Kier molecular flexibility index (Phi) is 6.99. The van der Waals surface area contributed by atoms with Gasteiger partial charge in [-0.2, -0.15) is 0 Å². The molecule has 112 valence electrons. The predicted molar refractivity (Wildman–Crippen MR) is 85.6 cm³/mol. The molecule has 5 heteroatoms. The van der Waals surface area contributed by atoms with Gasteiger partial charge in [0, 0.05) is 31.4 Å². The third-order valence-corrected chi connectivity index (χ3v) is 3.63. The highest BCUT2D eigenvalue weighted by atomic mass is 35.5. The van der Waals surface area contributed by atoms with Gasteiger partial charge in [-0.05, 0) is 31.0 Å². The van der Waals surface area contributed by atoms with Gasteiger partial charge in [-0.25, -0.2) is 0 Å². The summed E-state index contributed by atoms with van der Waals surface area (Å²) in [6.45, 7) is 7.60. The lowest BCUT2D eigenvalue weighted by atomic mass is 10.1. The Labute approximate surface area is 127 Å². The van der Waals surface area contributed by atoms with E-state index < -0.39 is 0 Å². The van der Waals surface area contributed by atoms with Crippen molar-refractivity contribution in [3.05, 3.63) is 29.8 Å². The van der Waals surface area contributed by atoms with Gasteiger partial charge in [0.15, 0.2) is 0 Å². The van der Waals surface area contributed by atoms with Crippen molar-refractivity contribution in [2.24, 2.45) is 0 Å². The van der Waals surface area contributed by atoms with Crippen LogP contribution in [0.2, 0.25) is 0 Å². The van der Waals surface area contributed by atoms with E-state index in [2.05, 4.69) is 41.5 Å². The van der Waals surface area contributed by atoms with Gasteiger partial charge in [0.1, 0.15) is 0 Å². The first-order chi connectivity index (χ1) is 9.19. The number of amides is 1. The lowest BCUT2D eigenvalue weighted by molar-refractivity contribution is -0.118. The molecule has 1 atom stereocenters. The van der Waals surface area contributed by atoms with E-state index in [1.54, 1.807) is 0 Å². The number of halogens is 1. The Morgan fingerprint density at radius 2 is 2.10 bits per heavy atom. The molecule has 1 unspecified atom stereocenters. The minimum atomic E-state index is 0. The van der Waals surface area contributed by atoms with Crippen molar-refractivity contribution in [3.63, 3.8) is 0 Å². The Hall–Kier alpha value is -1.10. The molecule has 0 saturated carbocycles. The smallest absolute Gasteiger partial charge is 0.238 e.